The first-order chi connectivity index (χ1) is 18.5. The van der Waals surface area contributed by atoms with Crippen LogP contribution in [-0.2, 0) is 16.0 Å². The van der Waals surface area contributed by atoms with E-state index in [2.05, 4.69) is 48.3 Å². The van der Waals surface area contributed by atoms with Crippen LogP contribution in [0.2, 0.25) is 0 Å². The number of hydrogen-bond acceptors (Lipinski definition) is 4. The molecule has 2 aromatic carbocycles. The zero-order chi connectivity index (χ0) is 28.7. The van der Waals surface area contributed by atoms with Crippen LogP contribution in [-0.4, -0.2) is 41.8 Å². The summed E-state index contributed by atoms with van der Waals surface area (Å²) >= 11 is 0. The predicted octanol–water partition coefficient (Wildman–Crippen LogP) is 5.66. The summed E-state index contributed by atoms with van der Waals surface area (Å²) < 4.78 is 1.53. The summed E-state index contributed by atoms with van der Waals surface area (Å²) in [6, 6.07) is 16.7. The van der Waals surface area contributed by atoms with E-state index >= 15 is 0 Å². The van der Waals surface area contributed by atoms with E-state index in [-0.39, 0.29) is 29.6 Å². The van der Waals surface area contributed by atoms with Crippen LogP contribution < -0.4 is 10.9 Å². The van der Waals surface area contributed by atoms with Crippen LogP contribution in [0.3, 0.4) is 0 Å². The lowest BCUT2D eigenvalue weighted by Gasteiger charge is -2.26. The summed E-state index contributed by atoms with van der Waals surface area (Å²) in [5.74, 6) is -0.0733. The zero-order valence-corrected chi connectivity index (χ0v) is 24.5. The third-order valence-corrected chi connectivity index (χ3v) is 7.06. The van der Waals surface area contributed by atoms with E-state index in [4.69, 9.17) is 0 Å². The van der Waals surface area contributed by atoms with Gasteiger partial charge < -0.3 is 14.8 Å². The maximum absolute atomic E-state index is 13.8. The van der Waals surface area contributed by atoms with Gasteiger partial charge in [0.1, 0.15) is 11.8 Å². The van der Waals surface area contributed by atoms with Gasteiger partial charge in [0.2, 0.25) is 5.91 Å². The molecule has 0 radical (unpaired) electrons. The van der Waals surface area contributed by atoms with Crippen molar-refractivity contribution in [1.29, 1.82) is 0 Å². The van der Waals surface area contributed by atoms with E-state index in [0.717, 1.165) is 35.2 Å². The van der Waals surface area contributed by atoms with Gasteiger partial charge in [-0.1, -0.05) is 50.2 Å². The Kier molecular flexibility index (Phi) is 10.4. The molecule has 0 saturated heterocycles. The van der Waals surface area contributed by atoms with Crippen molar-refractivity contribution in [3.05, 3.63) is 93.4 Å². The van der Waals surface area contributed by atoms with Gasteiger partial charge in [-0.2, -0.15) is 0 Å². The topological polar surface area (TPSA) is 71.4 Å². The highest BCUT2D eigenvalue weighted by molar-refractivity contribution is 5.83. The van der Waals surface area contributed by atoms with E-state index in [1.165, 1.54) is 22.6 Å². The average Bonchev–Trinajstić information content (AvgIpc) is 2.85. The smallest absolute Gasteiger partial charge is 0.251 e. The van der Waals surface area contributed by atoms with Gasteiger partial charge in [-0.05, 0) is 99.1 Å². The normalized spacial score (nSPS) is 12.9. The Morgan fingerprint density at radius 3 is 2.23 bits per heavy atom. The summed E-state index contributed by atoms with van der Waals surface area (Å²) in [5.41, 5.74) is 6.18. The van der Waals surface area contributed by atoms with Crippen LogP contribution in [0.5, 0.6) is 0 Å². The van der Waals surface area contributed by atoms with Crippen molar-refractivity contribution < 1.29 is 9.59 Å². The number of carbonyl (C=O) groups excluding carboxylic acids is 2. The van der Waals surface area contributed by atoms with Crippen molar-refractivity contribution in [2.24, 2.45) is 5.92 Å². The zero-order valence-electron chi connectivity index (χ0n) is 24.5. The number of benzene rings is 2. The Hall–Kier alpha value is -3.51. The van der Waals surface area contributed by atoms with E-state index < -0.39 is 12.1 Å². The molecule has 1 N–H and O–H groups in total. The number of likely N-dealkylation sites (N-methyl/N-ethyl adjacent to an activating group) is 1. The molecular formula is C33H43N3O3. The number of ketones is 1. The van der Waals surface area contributed by atoms with Crippen LogP contribution in [0.25, 0.3) is 11.1 Å². The molecule has 0 aliphatic heterocycles. The third kappa shape index (κ3) is 8.24. The molecule has 0 aliphatic rings. The fraction of sp³-hybridized carbons (Fsp3) is 0.424. The number of nitrogens with zero attached hydrogens (tertiary/aromatic N) is 2. The first-order valence-corrected chi connectivity index (χ1v) is 13.8. The molecule has 208 valence electrons. The van der Waals surface area contributed by atoms with Crippen LogP contribution in [0, 0.1) is 19.8 Å². The van der Waals surface area contributed by atoms with Crippen molar-refractivity contribution in [2.45, 2.75) is 66.0 Å². The SMILES string of the molecule is CC(=O)C[C@H](NC(=O)[C@H](CC(C)C)n1ccc(CCN(C)C)cc1=O)c1cccc(-c2c(C)cccc2C)c1. The summed E-state index contributed by atoms with van der Waals surface area (Å²) in [5, 5.41) is 3.13. The molecule has 1 aromatic heterocycles. The van der Waals surface area contributed by atoms with Gasteiger partial charge in [0.05, 0.1) is 6.04 Å². The highest BCUT2D eigenvalue weighted by Crippen LogP contribution is 2.30. The van der Waals surface area contributed by atoms with Crippen molar-refractivity contribution in [2.75, 3.05) is 20.6 Å². The molecule has 6 nitrogen and oxygen atoms in total. The Morgan fingerprint density at radius 2 is 1.64 bits per heavy atom. The fourth-order valence-electron chi connectivity index (χ4n) is 5.08. The van der Waals surface area contributed by atoms with Gasteiger partial charge in [-0.15, -0.1) is 0 Å². The standard InChI is InChI=1S/C33H43N3O3/c1-22(2)18-30(36-17-15-26(20-31(36)38)14-16-35(6)7)33(39)34-29(19-25(5)37)27-12-9-13-28(21-27)32-23(3)10-8-11-24(32)4/h8-13,15,17,20-22,29-30H,14,16,18-19H2,1-7H3,(H,34,39)/t29-,30-/m0/s1. The molecule has 0 aliphatic carbocycles. The molecule has 39 heavy (non-hydrogen) atoms. The van der Waals surface area contributed by atoms with E-state index in [1.807, 2.05) is 52.2 Å². The molecule has 3 rings (SSSR count). The molecule has 0 spiro atoms. The second-order valence-corrected chi connectivity index (χ2v) is 11.3. The van der Waals surface area contributed by atoms with Gasteiger partial charge in [0.15, 0.2) is 0 Å². The van der Waals surface area contributed by atoms with Crippen molar-refractivity contribution in [3.8, 4) is 11.1 Å². The van der Waals surface area contributed by atoms with Gasteiger partial charge in [-0.25, -0.2) is 0 Å². The van der Waals surface area contributed by atoms with E-state index in [9.17, 15) is 14.4 Å². The minimum Gasteiger partial charge on any atom is -0.347 e. The average molecular weight is 530 g/mol. The summed E-state index contributed by atoms with van der Waals surface area (Å²) in [6.07, 6.45) is 3.19. The lowest BCUT2D eigenvalue weighted by Crippen LogP contribution is -2.40. The van der Waals surface area contributed by atoms with Gasteiger partial charge in [-0.3, -0.25) is 14.4 Å². The molecule has 0 unspecified atom stereocenters. The lowest BCUT2D eigenvalue weighted by molar-refractivity contribution is -0.126. The van der Waals surface area contributed by atoms with E-state index in [1.54, 1.807) is 12.3 Å². The maximum Gasteiger partial charge on any atom is 0.251 e. The quantitative estimate of drug-likeness (QED) is 0.329. The van der Waals surface area contributed by atoms with Crippen LogP contribution in [0.4, 0.5) is 0 Å². The van der Waals surface area contributed by atoms with Crippen molar-refractivity contribution in [1.82, 2.24) is 14.8 Å². The number of amides is 1. The summed E-state index contributed by atoms with van der Waals surface area (Å²) in [4.78, 5) is 41.3. The van der Waals surface area contributed by atoms with Gasteiger partial charge in [0.25, 0.3) is 5.56 Å². The molecule has 0 bridgehead atoms. The molecule has 2 atom stereocenters. The Morgan fingerprint density at radius 1 is 0.974 bits per heavy atom. The Labute approximate surface area is 233 Å². The monoisotopic (exact) mass is 529 g/mol. The number of aryl methyl sites for hydroxylation is 2. The number of nitrogens with one attached hydrogen (secondary N) is 1. The molecule has 0 fully saturated rings. The minimum absolute atomic E-state index is 0.0133. The molecule has 1 amide bonds. The Bertz CT molecular complexity index is 1340. The second-order valence-electron chi connectivity index (χ2n) is 11.3. The molecular weight excluding hydrogens is 486 g/mol. The van der Waals surface area contributed by atoms with Crippen LogP contribution in [0.1, 0.15) is 68.0 Å². The molecule has 1 heterocycles. The fourth-order valence-corrected chi connectivity index (χ4v) is 5.08. The number of hydrogen-bond donors (Lipinski definition) is 1. The number of pyridine rings is 1. The minimum atomic E-state index is -0.670. The van der Waals surface area contributed by atoms with Crippen molar-refractivity contribution >= 4 is 11.7 Å². The maximum atomic E-state index is 13.8. The molecule has 6 heteroatoms. The lowest BCUT2D eigenvalue weighted by atomic mass is 9.92. The largest absolute Gasteiger partial charge is 0.347 e. The third-order valence-electron chi connectivity index (χ3n) is 7.06. The summed E-state index contributed by atoms with van der Waals surface area (Å²) in [6.45, 7) is 10.6. The second kappa shape index (κ2) is 13.5. The molecule has 3 aromatic rings. The number of carbonyl (C=O) groups is 2. The first-order valence-electron chi connectivity index (χ1n) is 13.8. The van der Waals surface area contributed by atoms with E-state index in [0.29, 0.717) is 6.42 Å². The van der Waals surface area contributed by atoms with Gasteiger partial charge >= 0.3 is 0 Å². The summed E-state index contributed by atoms with van der Waals surface area (Å²) in [7, 11) is 4.00. The Balaban J connectivity index is 1.94. The number of aromatic nitrogens is 1. The predicted molar refractivity (Wildman–Crippen MR) is 159 cm³/mol. The number of rotatable bonds is 12. The number of Topliss-reactive ketones (excluding diaryl/α,β-unsaturated/α-hetero) is 1. The highest BCUT2D eigenvalue weighted by Gasteiger charge is 2.26. The van der Waals surface area contributed by atoms with Crippen LogP contribution in [0.15, 0.2) is 65.6 Å². The first kappa shape index (κ1) is 30.0. The molecule has 0 saturated carbocycles. The highest BCUT2D eigenvalue weighted by atomic mass is 16.2. The van der Waals surface area contributed by atoms with Gasteiger partial charge in [0, 0.05) is 25.2 Å². The van der Waals surface area contributed by atoms with Crippen molar-refractivity contribution in [3.63, 3.8) is 0 Å². The van der Waals surface area contributed by atoms with Crippen LogP contribution >= 0.6 is 0 Å².